The van der Waals surface area contributed by atoms with Crippen LogP contribution >= 0.6 is 11.3 Å². The Balaban J connectivity index is 1.59. The van der Waals surface area contributed by atoms with Crippen LogP contribution in [-0.2, 0) is 6.61 Å². The van der Waals surface area contributed by atoms with Crippen LogP contribution in [0.2, 0.25) is 0 Å². The largest absolute Gasteiger partial charge is 0.486 e. The smallest absolute Gasteiger partial charge is 0.265 e. The Kier molecular flexibility index (Phi) is 6.25. The summed E-state index contributed by atoms with van der Waals surface area (Å²) in [5, 5.41) is 0.751. The van der Waals surface area contributed by atoms with Gasteiger partial charge in [-0.05, 0) is 49.9 Å². The van der Waals surface area contributed by atoms with Gasteiger partial charge in [0.2, 0.25) is 0 Å². The molecule has 26 heavy (non-hydrogen) atoms. The third kappa shape index (κ3) is 4.81. The maximum absolute atomic E-state index is 12.9. The van der Waals surface area contributed by atoms with E-state index >= 15 is 0 Å². The monoisotopic (exact) mass is 376 g/mol. The first kappa shape index (κ1) is 18.8. The molecule has 0 saturated heterocycles. The maximum atomic E-state index is 12.9. The molecule has 0 atom stereocenters. The summed E-state index contributed by atoms with van der Waals surface area (Å²) in [6.45, 7) is 2.95. The van der Waals surface area contributed by atoms with Crippen molar-refractivity contribution in [3.63, 3.8) is 0 Å². The van der Waals surface area contributed by atoms with E-state index in [4.69, 9.17) is 4.74 Å². The average molecular weight is 376 g/mol. The van der Waals surface area contributed by atoms with Gasteiger partial charge in [0.05, 0.1) is 5.69 Å². The second-order valence-corrected chi connectivity index (χ2v) is 8.04. The van der Waals surface area contributed by atoms with Crippen molar-refractivity contribution in [3.8, 4) is 5.75 Å². The first-order chi connectivity index (χ1) is 12.5. The predicted octanol–water partition coefficient (Wildman–Crippen LogP) is 4.82. The lowest BCUT2D eigenvalue weighted by atomic mass is 9.89. The molecule has 2 aromatic rings. The van der Waals surface area contributed by atoms with Crippen molar-refractivity contribution in [2.75, 3.05) is 13.6 Å². The van der Waals surface area contributed by atoms with Gasteiger partial charge in [-0.1, -0.05) is 19.3 Å². The SMILES string of the molecule is Cc1nc(COc2ccc(F)cc2)sc1C(=O)N(C)CC1CCCCC1. The summed E-state index contributed by atoms with van der Waals surface area (Å²) in [5.41, 5.74) is 0.744. The van der Waals surface area contributed by atoms with Crippen LogP contribution in [0.1, 0.15) is 52.5 Å². The highest BCUT2D eigenvalue weighted by atomic mass is 32.1. The van der Waals surface area contributed by atoms with Gasteiger partial charge in [-0.25, -0.2) is 9.37 Å². The number of hydrogen-bond acceptors (Lipinski definition) is 4. The number of aromatic nitrogens is 1. The zero-order valence-electron chi connectivity index (χ0n) is 15.3. The summed E-state index contributed by atoms with van der Waals surface area (Å²) in [4.78, 5) is 19.8. The normalized spacial score (nSPS) is 15.0. The molecule has 0 aliphatic heterocycles. The van der Waals surface area contributed by atoms with E-state index in [2.05, 4.69) is 4.98 Å². The molecule has 1 aromatic heterocycles. The van der Waals surface area contributed by atoms with Crippen LogP contribution in [0, 0.1) is 18.7 Å². The van der Waals surface area contributed by atoms with Crippen molar-refractivity contribution in [1.29, 1.82) is 0 Å². The number of thiazole rings is 1. The number of amides is 1. The molecule has 4 nitrogen and oxygen atoms in total. The van der Waals surface area contributed by atoms with Crippen LogP contribution in [0.15, 0.2) is 24.3 Å². The Labute approximate surface area is 158 Å². The fourth-order valence-electron chi connectivity index (χ4n) is 3.40. The lowest BCUT2D eigenvalue weighted by Crippen LogP contribution is -2.32. The summed E-state index contributed by atoms with van der Waals surface area (Å²) in [5.74, 6) is 0.948. The Morgan fingerprint density at radius 3 is 2.65 bits per heavy atom. The Morgan fingerprint density at radius 1 is 1.27 bits per heavy atom. The molecule has 3 rings (SSSR count). The van der Waals surface area contributed by atoms with Crippen LogP contribution in [0.3, 0.4) is 0 Å². The lowest BCUT2D eigenvalue weighted by molar-refractivity contribution is 0.0764. The molecule has 1 aromatic carbocycles. The van der Waals surface area contributed by atoms with Gasteiger partial charge < -0.3 is 9.64 Å². The summed E-state index contributed by atoms with van der Waals surface area (Å²) in [6.07, 6.45) is 6.31. The average Bonchev–Trinajstić information content (AvgIpc) is 3.02. The molecular formula is C20H25FN2O2S. The molecule has 140 valence electrons. The van der Waals surface area contributed by atoms with Gasteiger partial charge in [-0.2, -0.15) is 0 Å². The Morgan fingerprint density at radius 2 is 1.96 bits per heavy atom. The van der Waals surface area contributed by atoms with Gasteiger partial charge in [-0.3, -0.25) is 4.79 Å². The van der Waals surface area contributed by atoms with E-state index in [1.165, 1.54) is 55.6 Å². The quantitative estimate of drug-likeness (QED) is 0.726. The van der Waals surface area contributed by atoms with Crippen molar-refractivity contribution in [1.82, 2.24) is 9.88 Å². The highest BCUT2D eigenvalue weighted by molar-refractivity contribution is 7.13. The lowest BCUT2D eigenvalue weighted by Gasteiger charge is -2.26. The van der Waals surface area contributed by atoms with Crippen molar-refractivity contribution >= 4 is 17.2 Å². The van der Waals surface area contributed by atoms with Crippen molar-refractivity contribution < 1.29 is 13.9 Å². The third-order valence-corrected chi connectivity index (χ3v) is 5.93. The number of carbonyl (C=O) groups excluding carboxylic acids is 1. The summed E-state index contributed by atoms with van der Waals surface area (Å²) in [6, 6.07) is 5.88. The second kappa shape index (κ2) is 8.62. The van der Waals surface area contributed by atoms with E-state index < -0.39 is 0 Å². The number of benzene rings is 1. The molecular weight excluding hydrogens is 351 g/mol. The molecule has 1 heterocycles. The van der Waals surface area contributed by atoms with Crippen LogP contribution < -0.4 is 4.74 Å². The van der Waals surface area contributed by atoms with Crippen molar-refractivity contribution in [2.45, 2.75) is 45.6 Å². The van der Waals surface area contributed by atoms with E-state index in [9.17, 15) is 9.18 Å². The summed E-state index contributed by atoms with van der Waals surface area (Å²) >= 11 is 1.38. The summed E-state index contributed by atoms with van der Waals surface area (Å²) in [7, 11) is 1.88. The minimum Gasteiger partial charge on any atom is -0.486 e. The number of ether oxygens (including phenoxy) is 1. The Hall–Kier alpha value is -1.95. The molecule has 0 radical (unpaired) electrons. The molecule has 0 spiro atoms. The van der Waals surface area contributed by atoms with E-state index in [0.29, 0.717) is 16.5 Å². The molecule has 0 bridgehead atoms. The summed E-state index contributed by atoms with van der Waals surface area (Å²) < 4.78 is 18.6. The minimum atomic E-state index is -0.295. The zero-order valence-corrected chi connectivity index (χ0v) is 16.2. The molecule has 6 heteroatoms. The topological polar surface area (TPSA) is 42.4 Å². The number of nitrogens with zero attached hydrogens (tertiary/aromatic N) is 2. The van der Waals surface area contributed by atoms with Crippen LogP contribution in [-0.4, -0.2) is 29.4 Å². The van der Waals surface area contributed by atoms with E-state index in [-0.39, 0.29) is 18.3 Å². The molecule has 1 aliphatic carbocycles. The number of aryl methyl sites for hydroxylation is 1. The van der Waals surface area contributed by atoms with Crippen LogP contribution in [0.4, 0.5) is 4.39 Å². The van der Waals surface area contributed by atoms with E-state index in [1.54, 1.807) is 12.1 Å². The molecule has 1 fully saturated rings. The van der Waals surface area contributed by atoms with E-state index in [0.717, 1.165) is 17.2 Å². The van der Waals surface area contributed by atoms with Crippen LogP contribution in [0.5, 0.6) is 5.75 Å². The fraction of sp³-hybridized carbons (Fsp3) is 0.500. The van der Waals surface area contributed by atoms with Gasteiger partial charge in [0, 0.05) is 13.6 Å². The molecule has 0 unspecified atom stereocenters. The van der Waals surface area contributed by atoms with Gasteiger partial charge in [0.25, 0.3) is 5.91 Å². The molecule has 1 saturated carbocycles. The second-order valence-electron chi connectivity index (χ2n) is 6.95. The molecule has 1 aliphatic rings. The highest BCUT2D eigenvalue weighted by Gasteiger charge is 2.22. The van der Waals surface area contributed by atoms with Crippen molar-refractivity contribution in [3.05, 3.63) is 45.7 Å². The minimum absolute atomic E-state index is 0.0404. The van der Waals surface area contributed by atoms with Gasteiger partial charge >= 0.3 is 0 Å². The number of carbonyl (C=O) groups is 1. The third-order valence-electron chi connectivity index (χ3n) is 4.81. The molecule has 0 N–H and O–H groups in total. The van der Waals surface area contributed by atoms with E-state index in [1.807, 2.05) is 18.9 Å². The first-order valence-electron chi connectivity index (χ1n) is 9.13. The number of rotatable bonds is 6. The maximum Gasteiger partial charge on any atom is 0.265 e. The van der Waals surface area contributed by atoms with Crippen molar-refractivity contribution in [2.24, 2.45) is 5.92 Å². The predicted molar refractivity (Wildman–Crippen MR) is 101 cm³/mol. The van der Waals surface area contributed by atoms with Gasteiger partial charge in [0.15, 0.2) is 0 Å². The number of halogens is 1. The Bertz CT molecular complexity index is 739. The van der Waals surface area contributed by atoms with Gasteiger partial charge in [-0.15, -0.1) is 11.3 Å². The highest BCUT2D eigenvalue weighted by Crippen LogP contribution is 2.26. The van der Waals surface area contributed by atoms with Crippen LogP contribution in [0.25, 0.3) is 0 Å². The fourth-order valence-corrected chi connectivity index (χ4v) is 4.37. The first-order valence-corrected chi connectivity index (χ1v) is 9.94. The number of hydrogen-bond donors (Lipinski definition) is 0. The molecule has 1 amide bonds. The standard InChI is InChI=1S/C20H25FN2O2S/c1-14-19(20(24)23(2)12-15-6-4-3-5-7-15)26-18(22-14)13-25-17-10-8-16(21)9-11-17/h8-11,15H,3-7,12-13H2,1-2H3. The zero-order chi connectivity index (χ0) is 18.5. The van der Waals surface area contributed by atoms with Gasteiger partial charge in [0.1, 0.15) is 28.1 Å².